The molecule has 0 fully saturated rings. The van der Waals surface area contributed by atoms with Crippen molar-refractivity contribution in [3.63, 3.8) is 0 Å². The van der Waals surface area contributed by atoms with Crippen molar-refractivity contribution in [3.8, 4) is 5.75 Å². The Morgan fingerprint density at radius 3 is 2.16 bits per heavy atom. The van der Waals surface area contributed by atoms with Crippen LogP contribution in [0.1, 0.15) is 65.0 Å². The monoisotopic (exact) mass is 260 g/mol. The highest BCUT2D eigenvalue weighted by Crippen LogP contribution is 2.53. The van der Waals surface area contributed by atoms with Gasteiger partial charge in [0.2, 0.25) is 0 Å². The molecule has 0 radical (unpaired) electrons. The van der Waals surface area contributed by atoms with Crippen LogP contribution < -0.4 is 0 Å². The summed E-state index contributed by atoms with van der Waals surface area (Å²) in [4.78, 5) is 0. The summed E-state index contributed by atoms with van der Waals surface area (Å²) < 4.78 is 0. The molecule has 0 heterocycles. The zero-order valence-corrected chi connectivity index (χ0v) is 13.2. The predicted octanol–water partition coefficient (Wildman–Crippen LogP) is 5.13. The van der Waals surface area contributed by atoms with Gasteiger partial charge in [0.15, 0.2) is 0 Å². The van der Waals surface area contributed by atoms with Gasteiger partial charge in [0.1, 0.15) is 5.75 Å². The van der Waals surface area contributed by atoms with Gasteiger partial charge in [-0.15, -0.1) is 0 Å². The quantitative estimate of drug-likeness (QED) is 0.685. The maximum Gasteiger partial charge on any atom is 0.115 e. The number of aromatic hydroxyl groups is 1. The first kappa shape index (κ1) is 14.4. The largest absolute Gasteiger partial charge is 0.508 e. The molecule has 1 nitrogen and oxygen atoms in total. The normalized spacial score (nSPS) is 24.1. The molecular formula is C18H28O. The van der Waals surface area contributed by atoms with Gasteiger partial charge in [0, 0.05) is 0 Å². The molecule has 0 aliphatic heterocycles. The second-order valence-corrected chi connectivity index (χ2v) is 8.24. The molecule has 0 saturated carbocycles. The standard InChI is InChI=1S/C18H28O/c1-17(2,3)15-10-7-12-11-13(19)8-9-14(12)16(15)18(4,5)6/h8-9,11,15-16,19H,7,10H2,1-6H3. The lowest BCUT2D eigenvalue weighted by Crippen LogP contribution is -2.37. The topological polar surface area (TPSA) is 20.2 Å². The minimum Gasteiger partial charge on any atom is -0.508 e. The number of phenolic OH excluding ortho intramolecular Hbond substituents is 1. The Bertz CT molecular complexity index is 460. The molecular weight excluding hydrogens is 232 g/mol. The van der Waals surface area contributed by atoms with Crippen molar-refractivity contribution in [2.45, 2.75) is 60.3 Å². The molecule has 1 aliphatic carbocycles. The van der Waals surface area contributed by atoms with Gasteiger partial charge in [-0.05, 0) is 58.8 Å². The minimum absolute atomic E-state index is 0.254. The van der Waals surface area contributed by atoms with Crippen LogP contribution in [0.25, 0.3) is 0 Å². The summed E-state index contributed by atoms with van der Waals surface area (Å²) in [6.07, 6.45) is 2.32. The summed E-state index contributed by atoms with van der Waals surface area (Å²) in [5.74, 6) is 1.67. The zero-order valence-electron chi connectivity index (χ0n) is 13.2. The number of hydrogen-bond acceptors (Lipinski definition) is 1. The average molecular weight is 260 g/mol. The van der Waals surface area contributed by atoms with E-state index in [2.05, 4.69) is 47.6 Å². The van der Waals surface area contributed by atoms with E-state index in [4.69, 9.17) is 0 Å². The number of benzene rings is 1. The number of aryl methyl sites for hydroxylation is 1. The molecule has 0 amide bonds. The molecule has 0 saturated heterocycles. The highest BCUT2D eigenvalue weighted by Gasteiger charge is 2.42. The molecule has 2 rings (SSSR count). The Hall–Kier alpha value is -0.980. The molecule has 0 aromatic heterocycles. The van der Waals surface area contributed by atoms with Gasteiger partial charge in [-0.25, -0.2) is 0 Å². The first-order valence-electron chi connectivity index (χ1n) is 7.42. The van der Waals surface area contributed by atoms with E-state index in [-0.39, 0.29) is 5.41 Å². The van der Waals surface area contributed by atoms with E-state index >= 15 is 0 Å². The van der Waals surface area contributed by atoms with Crippen LogP contribution in [0.4, 0.5) is 0 Å². The van der Waals surface area contributed by atoms with E-state index in [0.717, 1.165) is 6.42 Å². The lowest BCUT2D eigenvalue weighted by Gasteiger charge is -2.47. The second-order valence-electron chi connectivity index (χ2n) is 8.24. The molecule has 19 heavy (non-hydrogen) atoms. The van der Waals surface area contributed by atoms with Crippen LogP contribution in [0.15, 0.2) is 18.2 Å². The summed E-state index contributed by atoms with van der Waals surface area (Å²) in [6.45, 7) is 14.1. The molecule has 1 N–H and O–H groups in total. The maximum absolute atomic E-state index is 9.70. The first-order valence-corrected chi connectivity index (χ1v) is 7.42. The van der Waals surface area contributed by atoms with Gasteiger partial charge < -0.3 is 5.11 Å². The van der Waals surface area contributed by atoms with E-state index in [1.165, 1.54) is 17.5 Å². The highest BCUT2D eigenvalue weighted by molar-refractivity contribution is 5.40. The Labute approximate surface area is 118 Å². The van der Waals surface area contributed by atoms with Crippen molar-refractivity contribution in [2.24, 2.45) is 16.7 Å². The fourth-order valence-corrected chi connectivity index (χ4v) is 3.81. The first-order chi connectivity index (χ1) is 8.60. The van der Waals surface area contributed by atoms with Gasteiger partial charge in [-0.3, -0.25) is 0 Å². The summed E-state index contributed by atoms with van der Waals surface area (Å²) in [6, 6.07) is 5.97. The van der Waals surface area contributed by atoms with Gasteiger partial charge in [0.25, 0.3) is 0 Å². The van der Waals surface area contributed by atoms with Crippen molar-refractivity contribution in [2.75, 3.05) is 0 Å². The van der Waals surface area contributed by atoms with Crippen molar-refractivity contribution in [3.05, 3.63) is 29.3 Å². The van der Waals surface area contributed by atoms with E-state index in [1.54, 1.807) is 0 Å². The Balaban J connectivity index is 2.53. The van der Waals surface area contributed by atoms with Gasteiger partial charge in [-0.1, -0.05) is 47.6 Å². The number of rotatable bonds is 0. The third-order valence-corrected chi connectivity index (χ3v) is 4.63. The average Bonchev–Trinajstić information content (AvgIpc) is 2.24. The molecule has 1 aliphatic rings. The summed E-state index contributed by atoms with van der Waals surface area (Å²) in [5, 5.41) is 9.70. The van der Waals surface area contributed by atoms with Gasteiger partial charge in [-0.2, -0.15) is 0 Å². The van der Waals surface area contributed by atoms with Crippen molar-refractivity contribution >= 4 is 0 Å². The lowest BCUT2D eigenvalue weighted by atomic mass is 9.57. The smallest absolute Gasteiger partial charge is 0.115 e. The molecule has 1 aromatic rings. The zero-order chi connectivity index (χ0) is 14.4. The van der Waals surface area contributed by atoms with Crippen LogP contribution in [0.2, 0.25) is 0 Å². The Kier molecular flexibility index (Phi) is 3.45. The molecule has 2 atom stereocenters. The van der Waals surface area contributed by atoms with E-state index < -0.39 is 0 Å². The molecule has 2 unspecified atom stereocenters. The maximum atomic E-state index is 9.70. The van der Waals surface area contributed by atoms with E-state index in [0.29, 0.717) is 23.0 Å². The SMILES string of the molecule is CC(C)(C)C1CCc2cc(O)ccc2C1C(C)(C)C. The van der Waals surface area contributed by atoms with Crippen LogP contribution in [-0.4, -0.2) is 5.11 Å². The number of phenols is 1. The second kappa shape index (κ2) is 4.54. The predicted molar refractivity (Wildman–Crippen MR) is 81.6 cm³/mol. The van der Waals surface area contributed by atoms with Crippen molar-refractivity contribution < 1.29 is 5.11 Å². The van der Waals surface area contributed by atoms with Crippen molar-refractivity contribution in [1.29, 1.82) is 0 Å². The lowest BCUT2D eigenvalue weighted by molar-refractivity contribution is 0.109. The Morgan fingerprint density at radius 1 is 1.00 bits per heavy atom. The van der Waals surface area contributed by atoms with Crippen LogP contribution in [-0.2, 0) is 6.42 Å². The van der Waals surface area contributed by atoms with E-state index in [9.17, 15) is 5.11 Å². The Morgan fingerprint density at radius 2 is 1.63 bits per heavy atom. The highest BCUT2D eigenvalue weighted by atomic mass is 16.3. The molecule has 0 spiro atoms. The van der Waals surface area contributed by atoms with Crippen molar-refractivity contribution in [1.82, 2.24) is 0 Å². The van der Waals surface area contributed by atoms with Gasteiger partial charge in [0.05, 0.1) is 0 Å². The molecule has 106 valence electrons. The number of fused-ring (bicyclic) bond motifs is 1. The summed E-state index contributed by atoms with van der Waals surface area (Å²) >= 11 is 0. The van der Waals surface area contributed by atoms with Crippen LogP contribution in [0, 0.1) is 16.7 Å². The van der Waals surface area contributed by atoms with Gasteiger partial charge >= 0.3 is 0 Å². The van der Waals surface area contributed by atoms with Crippen LogP contribution in [0.3, 0.4) is 0 Å². The van der Waals surface area contributed by atoms with E-state index in [1.807, 2.05) is 12.1 Å². The fraction of sp³-hybridized carbons (Fsp3) is 0.667. The third kappa shape index (κ3) is 2.80. The summed E-state index contributed by atoms with van der Waals surface area (Å²) in [5.41, 5.74) is 3.38. The molecule has 1 heteroatoms. The minimum atomic E-state index is 0.254. The number of hydrogen-bond donors (Lipinski definition) is 1. The molecule has 0 bridgehead atoms. The van der Waals surface area contributed by atoms with Crippen LogP contribution >= 0.6 is 0 Å². The summed E-state index contributed by atoms with van der Waals surface area (Å²) in [7, 11) is 0. The fourth-order valence-electron chi connectivity index (χ4n) is 3.81. The van der Waals surface area contributed by atoms with Crippen LogP contribution in [0.5, 0.6) is 5.75 Å². The molecule has 1 aromatic carbocycles. The third-order valence-electron chi connectivity index (χ3n) is 4.63.